The van der Waals surface area contributed by atoms with Gasteiger partial charge in [-0.3, -0.25) is 0 Å². The number of rotatable bonds is 4. The Morgan fingerprint density at radius 2 is 2.22 bits per heavy atom. The van der Waals surface area contributed by atoms with Gasteiger partial charge in [0, 0.05) is 13.6 Å². The SMILES string of the molecule is COc1c(CNc2cccc(Cl)n2)c(C)nn1C. The molecule has 2 aromatic rings. The van der Waals surface area contributed by atoms with Crippen LogP contribution in [0, 0.1) is 6.92 Å². The van der Waals surface area contributed by atoms with Crippen LogP contribution in [0.15, 0.2) is 18.2 Å². The van der Waals surface area contributed by atoms with Crippen molar-refractivity contribution in [3.05, 3.63) is 34.6 Å². The number of nitrogens with one attached hydrogen (secondary N) is 1. The molecule has 0 aliphatic heterocycles. The van der Waals surface area contributed by atoms with Gasteiger partial charge in [0.25, 0.3) is 0 Å². The number of aromatic nitrogens is 3. The van der Waals surface area contributed by atoms with Gasteiger partial charge in [-0.05, 0) is 19.1 Å². The van der Waals surface area contributed by atoms with Gasteiger partial charge in [0.05, 0.1) is 18.4 Å². The van der Waals surface area contributed by atoms with Crippen molar-refractivity contribution < 1.29 is 4.74 Å². The molecule has 0 aromatic carbocycles. The molecule has 5 nitrogen and oxygen atoms in total. The molecule has 18 heavy (non-hydrogen) atoms. The van der Waals surface area contributed by atoms with Crippen molar-refractivity contribution in [1.29, 1.82) is 0 Å². The van der Waals surface area contributed by atoms with E-state index in [1.54, 1.807) is 17.9 Å². The summed E-state index contributed by atoms with van der Waals surface area (Å²) in [6.45, 7) is 2.54. The Balaban J connectivity index is 2.15. The lowest BCUT2D eigenvalue weighted by molar-refractivity contribution is 0.370. The van der Waals surface area contributed by atoms with Crippen LogP contribution >= 0.6 is 11.6 Å². The van der Waals surface area contributed by atoms with Crippen LogP contribution in [-0.4, -0.2) is 21.9 Å². The maximum absolute atomic E-state index is 5.83. The summed E-state index contributed by atoms with van der Waals surface area (Å²) in [6, 6.07) is 5.46. The molecule has 0 radical (unpaired) electrons. The first kappa shape index (κ1) is 12.7. The molecule has 96 valence electrons. The summed E-state index contributed by atoms with van der Waals surface area (Å²) in [4.78, 5) is 4.17. The Kier molecular flexibility index (Phi) is 3.72. The Labute approximate surface area is 111 Å². The number of hydrogen-bond acceptors (Lipinski definition) is 4. The van der Waals surface area contributed by atoms with Gasteiger partial charge in [-0.25, -0.2) is 9.67 Å². The Hall–Kier alpha value is -1.75. The van der Waals surface area contributed by atoms with Gasteiger partial charge >= 0.3 is 0 Å². The first-order valence-electron chi connectivity index (χ1n) is 5.54. The molecule has 0 fully saturated rings. The zero-order valence-electron chi connectivity index (χ0n) is 10.6. The molecule has 2 rings (SSSR count). The van der Waals surface area contributed by atoms with E-state index in [-0.39, 0.29) is 0 Å². The van der Waals surface area contributed by atoms with Gasteiger partial charge in [0.15, 0.2) is 0 Å². The van der Waals surface area contributed by atoms with Crippen molar-refractivity contribution in [3.63, 3.8) is 0 Å². The second-order valence-corrected chi connectivity index (χ2v) is 4.28. The number of halogens is 1. The van der Waals surface area contributed by atoms with E-state index in [9.17, 15) is 0 Å². The fraction of sp³-hybridized carbons (Fsp3) is 0.333. The third-order valence-electron chi connectivity index (χ3n) is 2.64. The molecule has 0 aliphatic rings. The first-order valence-corrected chi connectivity index (χ1v) is 5.92. The second kappa shape index (κ2) is 5.27. The lowest BCUT2D eigenvalue weighted by Gasteiger charge is -2.07. The molecule has 0 spiro atoms. The molecule has 0 aliphatic carbocycles. The van der Waals surface area contributed by atoms with Gasteiger partial charge < -0.3 is 10.1 Å². The predicted octanol–water partition coefficient (Wildman–Crippen LogP) is 2.40. The van der Waals surface area contributed by atoms with Gasteiger partial charge in [-0.1, -0.05) is 17.7 Å². The van der Waals surface area contributed by atoms with Crippen LogP contribution in [0.1, 0.15) is 11.3 Å². The van der Waals surface area contributed by atoms with Crippen LogP contribution in [0.2, 0.25) is 5.15 Å². The average molecular weight is 267 g/mol. The van der Waals surface area contributed by atoms with E-state index < -0.39 is 0 Å². The van der Waals surface area contributed by atoms with Crippen molar-refractivity contribution in [2.45, 2.75) is 13.5 Å². The Bertz CT molecular complexity index is 553. The monoisotopic (exact) mass is 266 g/mol. The summed E-state index contributed by atoms with van der Waals surface area (Å²) in [5.74, 6) is 1.48. The van der Waals surface area contributed by atoms with Crippen LogP contribution in [0.3, 0.4) is 0 Å². The largest absolute Gasteiger partial charge is 0.481 e. The third kappa shape index (κ3) is 2.56. The lowest BCUT2D eigenvalue weighted by atomic mass is 10.2. The van der Waals surface area contributed by atoms with E-state index in [0.717, 1.165) is 23.0 Å². The van der Waals surface area contributed by atoms with Gasteiger partial charge in [-0.15, -0.1) is 0 Å². The quantitative estimate of drug-likeness (QED) is 0.864. The van der Waals surface area contributed by atoms with Crippen molar-refractivity contribution in [2.75, 3.05) is 12.4 Å². The van der Waals surface area contributed by atoms with E-state index in [4.69, 9.17) is 16.3 Å². The fourth-order valence-electron chi connectivity index (χ4n) is 1.83. The van der Waals surface area contributed by atoms with E-state index in [0.29, 0.717) is 11.7 Å². The third-order valence-corrected chi connectivity index (χ3v) is 2.85. The number of anilines is 1. The van der Waals surface area contributed by atoms with Crippen molar-refractivity contribution in [1.82, 2.24) is 14.8 Å². The van der Waals surface area contributed by atoms with Crippen molar-refractivity contribution in [2.24, 2.45) is 7.05 Å². The molecular formula is C12H15ClN4O. The normalized spacial score (nSPS) is 10.4. The molecule has 0 saturated heterocycles. The molecule has 2 heterocycles. The van der Waals surface area contributed by atoms with Crippen LogP contribution in [0.5, 0.6) is 5.88 Å². The maximum Gasteiger partial charge on any atom is 0.216 e. The zero-order chi connectivity index (χ0) is 13.1. The smallest absolute Gasteiger partial charge is 0.216 e. The topological polar surface area (TPSA) is 52.0 Å². The van der Waals surface area contributed by atoms with E-state index >= 15 is 0 Å². The summed E-state index contributed by atoms with van der Waals surface area (Å²) >= 11 is 5.83. The highest BCUT2D eigenvalue weighted by Gasteiger charge is 2.13. The predicted molar refractivity (Wildman–Crippen MR) is 71.1 cm³/mol. The van der Waals surface area contributed by atoms with Crippen LogP contribution in [-0.2, 0) is 13.6 Å². The molecule has 0 amide bonds. The molecule has 0 bridgehead atoms. The highest BCUT2D eigenvalue weighted by Crippen LogP contribution is 2.22. The molecule has 2 aromatic heterocycles. The van der Waals surface area contributed by atoms with Crippen LogP contribution < -0.4 is 10.1 Å². The molecule has 1 N–H and O–H groups in total. The lowest BCUT2D eigenvalue weighted by Crippen LogP contribution is -2.04. The molecule has 0 unspecified atom stereocenters. The summed E-state index contributed by atoms with van der Waals surface area (Å²) in [6.07, 6.45) is 0. The molecule has 0 saturated carbocycles. The number of ether oxygens (including phenoxy) is 1. The summed E-state index contributed by atoms with van der Waals surface area (Å²) < 4.78 is 7.04. The van der Waals surface area contributed by atoms with Crippen LogP contribution in [0.4, 0.5) is 5.82 Å². The average Bonchev–Trinajstić information content (AvgIpc) is 2.60. The Morgan fingerprint density at radius 1 is 1.44 bits per heavy atom. The minimum atomic E-state index is 0.467. The van der Waals surface area contributed by atoms with Gasteiger partial charge in [0.2, 0.25) is 5.88 Å². The van der Waals surface area contributed by atoms with E-state index in [2.05, 4.69) is 15.4 Å². The van der Waals surface area contributed by atoms with E-state index in [1.807, 2.05) is 26.1 Å². The molecular weight excluding hydrogens is 252 g/mol. The summed E-state index contributed by atoms with van der Waals surface area (Å²) in [5, 5.41) is 7.99. The number of methoxy groups -OCH3 is 1. The van der Waals surface area contributed by atoms with E-state index in [1.165, 1.54) is 0 Å². The highest BCUT2D eigenvalue weighted by atomic mass is 35.5. The number of pyridine rings is 1. The highest BCUT2D eigenvalue weighted by molar-refractivity contribution is 6.29. The Morgan fingerprint density at radius 3 is 2.89 bits per heavy atom. The minimum Gasteiger partial charge on any atom is -0.481 e. The first-order chi connectivity index (χ1) is 8.61. The van der Waals surface area contributed by atoms with Gasteiger partial charge in [0.1, 0.15) is 11.0 Å². The molecule has 0 atom stereocenters. The summed E-state index contributed by atoms with van der Waals surface area (Å²) in [7, 11) is 3.49. The van der Waals surface area contributed by atoms with Gasteiger partial charge in [-0.2, -0.15) is 5.10 Å². The van der Waals surface area contributed by atoms with Crippen molar-refractivity contribution in [3.8, 4) is 5.88 Å². The molecule has 6 heteroatoms. The fourth-order valence-corrected chi connectivity index (χ4v) is 1.99. The standard InChI is InChI=1S/C12H15ClN4O/c1-8-9(12(18-3)17(2)16-8)7-14-11-6-4-5-10(13)15-11/h4-6H,7H2,1-3H3,(H,14,15). The number of nitrogens with zero attached hydrogens (tertiary/aromatic N) is 3. The van der Waals surface area contributed by atoms with Crippen molar-refractivity contribution >= 4 is 17.4 Å². The minimum absolute atomic E-state index is 0.467. The maximum atomic E-state index is 5.83. The zero-order valence-corrected chi connectivity index (χ0v) is 11.3. The number of hydrogen-bond donors (Lipinski definition) is 1. The summed E-state index contributed by atoms with van der Waals surface area (Å²) in [5.41, 5.74) is 1.95. The second-order valence-electron chi connectivity index (χ2n) is 3.90. The van der Waals surface area contributed by atoms with Crippen LogP contribution in [0.25, 0.3) is 0 Å². The number of aryl methyl sites for hydroxylation is 2.